The number of imidazole rings is 1. The molecule has 2 heterocycles. The number of nitrogens with zero attached hydrogens (tertiary/aromatic N) is 3. The van der Waals surface area contributed by atoms with Gasteiger partial charge in [0, 0.05) is 10.6 Å². The zero-order valence-electron chi connectivity index (χ0n) is 11.9. The minimum Gasteiger partial charge on any atom is -0.341 e. The fourth-order valence-electron chi connectivity index (χ4n) is 2.12. The highest BCUT2D eigenvalue weighted by Gasteiger charge is 2.13. The Morgan fingerprint density at radius 3 is 3.00 bits per heavy atom. The third-order valence-electron chi connectivity index (χ3n) is 3.22. The van der Waals surface area contributed by atoms with E-state index in [9.17, 15) is 4.79 Å². The number of aryl methyl sites for hydroxylation is 1. The van der Waals surface area contributed by atoms with E-state index >= 15 is 0 Å². The molecule has 1 amide bonds. The van der Waals surface area contributed by atoms with Gasteiger partial charge in [0.2, 0.25) is 0 Å². The van der Waals surface area contributed by atoms with Crippen molar-refractivity contribution < 1.29 is 4.79 Å². The van der Waals surface area contributed by atoms with E-state index in [1.165, 1.54) is 12.5 Å². The summed E-state index contributed by atoms with van der Waals surface area (Å²) in [6.07, 6.45) is 4.65. The molecule has 2 N–H and O–H groups in total. The molecule has 0 atom stereocenters. The summed E-state index contributed by atoms with van der Waals surface area (Å²) in [5.74, 6) is 0.396. The number of benzene rings is 1. The van der Waals surface area contributed by atoms with E-state index in [1.807, 2.05) is 31.2 Å². The lowest BCUT2D eigenvalue weighted by molar-refractivity contribution is 0.102. The Hall–Kier alpha value is -2.60. The molecule has 0 saturated carbocycles. The number of hydrogen-bond donors (Lipinski definition) is 2. The van der Waals surface area contributed by atoms with Crippen LogP contribution in [0.3, 0.4) is 0 Å². The van der Waals surface area contributed by atoms with E-state index in [1.54, 1.807) is 10.9 Å². The lowest BCUT2D eigenvalue weighted by Crippen LogP contribution is -2.17. The zero-order chi connectivity index (χ0) is 15.5. The predicted octanol–water partition coefficient (Wildman–Crippen LogP) is 2.87. The third-order valence-corrected chi connectivity index (χ3v) is 3.45. The highest BCUT2D eigenvalue weighted by atomic mass is 35.5. The Kier molecular flexibility index (Phi) is 3.93. The van der Waals surface area contributed by atoms with E-state index < -0.39 is 0 Å². The molecule has 1 aromatic carbocycles. The standard InChI is InChI=1S/C15H14ClN5O/c1-10-6-19-21(8-11-3-2-4-12(16)5-11)14(10)20-15(22)13-7-17-9-18-13/h2-7,9H,8H2,1H3,(H,17,18)(H,20,22). The number of nitrogens with one attached hydrogen (secondary N) is 2. The predicted molar refractivity (Wildman–Crippen MR) is 84.1 cm³/mol. The van der Waals surface area contributed by atoms with Gasteiger partial charge in [-0.15, -0.1) is 0 Å². The van der Waals surface area contributed by atoms with Gasteiger partial charge in [-0.05, 0) is 24.6 Å². The number of aromatic amines is 1. The van der Waals surface area contributed by atoms with Gasteiger partial charge in [0.25, 0.3) is 5.91 Å². The molecule has 0 saturated heterocycles. The number of rotatable bonds is 4. The second-order valence-corrected chi connectivity index (χ2v) is 5.32. The molecule has 0 aliphatic carbocycles. The molecule has 0 radical (unpaired) electrons. The van der Waals surface area contributed by atoms with Crippen LogP contribution in [0.1, 0.15) is 21.6 Å². The molecule has 2 aromatic heterocycles. The second-order valence-electron chi connectivity index (χ2n) is 4.88. The Morgan fingerprint density at radius 2 is 2.27 bits per heavy atom. The Bertz CT molecular complexity index is 794. The molecule has 0 aliphatic heterocycles. The molecule has 0 spiro atoms. The molecule has 0 fully saturated rings. The number of hydrogen-bond acceptors (Lipinski definition) is 3. The van der Waals surface area contributed by atoms with Crippen molar-refractivity contribution in [3.05, 3.63) is 64.8 Å². The van der Waals surface area contributed by atoms with Gasteiger partial charge in [0.1, 0.15) is 11.5 Å². The molecule has 3 rings (SSSR count). The van der Waals surface area contributed by atoms with Crippen molar-refractivity contribution in [1.29, 1.82) is 0 Å². The first-order valence-corrected chi connectivity index (χ1v) is 7.08. The van der Waals surface area contributed by atoms with Crippen molar-refractivity contribution in [3.8, 4) is 0 Å². The minimum atomic E-state index is -0.256. The molecular weight excluding hydrogens is 302 g/mol. The molecule has 0 unspecified atom stereocenters. The van der Waals surface area contributed by atoms with E-state index in [-0.39, 0.29) is 5.91 Å². The van der Waals surface area contributed by atoms with Crippen LogP contribution in [-0.4, -0.2) is 25.7 Å². The molecule has 7 heteroatoms. The number of amides is 1. The Labute approximate surface area is 132 Å². The van der Waals surface area contributed by atoms with Crippen molar-refractivity contribution in [3.63, 3.8) is 0 Å². The summed E-state index contributed by atoms with van der Waals surface area (Å²) in [5.41, 5.74) is 2.29. The maximum absolute atomic E-state index is 12.1. The van der Waals surface area contributed by atoms with Crippen LogP contribution in [-0.2, 0) is 6.54 Å². The van der Waals surface area contributed by atoms with Gasteiger partial charge in [-0.3, -0.25) is 4.79 Å². The van der Waals surface area contributed by atoms with Crippen LogP contribution in [0.4, 0.5) is 5.82 Å². The summed E-state index contributed by atoms with van der Waals surface area (Å²) < 4.78 is 1.73. The van der Waals surface area contributed by atoms with E-state index in [0.29, 0.717) is 23.1 Å². The first kappa shape index (κ1) is 14.3. The van der Waals surface area contributed by atoms with E-state index in [2.05, 4.69) is 20.4 Å². The van der Waals surface area contributed by atoms with Crippen LogP contribution < -0.4 is 5.32 Å². The average Bonchev–Trinajstić information content (AvgIpc) is 3.12. The quantitative estimate of drug-likeness (QED) is 0.777. The zero-order valence-corrected chi connectivity index (χ0v) is 12.6. The monoisotopic (exact) mass is 315 g/mol. The summed E-state index contributed by atoms with van der Waals surface area (Å²) in [4.78, 5) is 18.8. The van der Waals surface area contributed by atoms with Crippen molar-refractivity contribution in [1.82, 2.24) is 19.7 Å². The Morgan fingerprint density at radius 1 is 1.41 bits per heavy atom. The summed E-state index contributed by atoms with van der Waals surface area (Å²) in [7, 11) is 0. The summed E-state index contributed by atoms with van der Waals surface area (Å²) in [6.45, 7) is 2.41. The maximum atomic E-state index is 12.1. The fourth-order valence-corrected chi connectivity index (χ4v) is 2.34. The molecule has 0 bridgehead atoms. The number of carbonyl (C=O) groups excluding carboxylic acids is 1. The lowest BCUT2D eigenvalue weighted by atomic mass is 10.2. The number of halogens is 1. The van der Waals surface area contributed by atoms with Crippen molar-refractivity contribution in [2.45, 2.75) is 13.5 Å². The summed E-state index contributed by atoms with van der Waals surface area (Å²) >= 11 is 6.00. The molecular formula is C15H14ClN5O. The van der Waals surface area contributed by atoms with Crippen LogP contribution in [0.5, 0.6) is 0 Å². The van der Waals surface area contributed by atoms with Crippen molar-refractivity contribution >= 4 is 23.3 Å². The molecule has 3 aromatic rings. The molecule has 22 heavy (non-hydrogen) atoms. The first-order valence-electron chi connectivity index (χ1n) is 6.70. The van der Waals surface area contributed by atoms with Gasteiger partial charge >= 0.3 is 0 Å². The SMILES string of the molecule is Cc1cnn(Cc2cccc(Cl)c2)c1NC(=O)c1cnc[nH]1. The number of H-pyrrole nitrogens is 1. The second kappa shape index (κ2) is 6.03. The van der Waals surface area contributed by atoms with E-state index in [0.717, 1.165) is 11.1 Å². The van der Waals surface area contributed by atoms with Gasteiger partial charge < -0.3 is 10.3 Å². The number of aromatic nitrogens is 4. The van der Waals surface area contributed by atoms with Gasteiger partial charge in [-0.25, -0.2) is 9.67 Å². The third kappa shape index (κ3) is 3.01. The van der Waals surface area contributed by atoms with Gasteiger partial charge in [0.15, 0.2) is 0 Å². The number of carbonyl (C=O) groups is 1. The van der Waals surface area contributed by atoms with Crippen LogP contribution in [0.15, 0.2) is 43.0 Å². The van der Waals surface area contributed by atoms with Gasteiger partial charge in [0.05, 0.1) is 25.3 Å². The van der Waals surface area contributed by atoms with Crippen LogP contribution in [0, 0.1) is 6.92 Å². The summed E-state index contributed by atoms with van der Waals surface area (Å²) in [6, 6.07) is 7.54. The maximum Gasteiger partial charge on any atom is 0.274 e. The van der Waals surface area contributed by atoms with Crippen LogP contribution >= 0.6 is 11.6 Å². The molecule has 0 aliphatic rings. The minimum absolute atomic E-state index is 0.256. The van der Waals surface area contributed by atoms with Crippen LogP contribution in [0.2, 0.25) is 5.02 Å². The number of anilines is 1. The highest BCUT2D eigenvalue weighted by molar-refractivity contribution is 6.30. The normalized spacial score (nSPS) is 10.6. The van der Waals surface area contributed by atoms with Crippen molar-refractivity contribution in [2.24, 2.45) is 0 Å². The molecule has 112 valence electrons. The first-order chi connectivity index (χ1) is 10.6. The average molecular weight is 316 g/mol. The Balaban J connectivity index is 1.83. The fraction of sp³-hybridized carbons (Fsp3) is 0.133. The van der Waals surface area contributed by atoms with Crippen molar-refractivity contribution in [2.75, 3.05) is 5.32 Å². The lowest BCUT2D eigenvalue weighted by Gasteiger charge is -2.10. The molecule has 6 nitrogen and oxygen atoms in total. The smallest absolute Gasteiger partial charge is 0.274 e. The van der Waals surface area contributed by atoms with Crippen LogP contribution in [0.25, 0.3) is 0 Å². The van der Waals surface area contributed by atoms with E-state index in [4.69, 9.17) is 11.6 Å². The topological polar surface area (TPSA) is 75.6 Å². The van der Waals surface area contributed by atoms with Gasteiger partial charge in [-0.1, -0.05) is 23.7 Å². The largest absolute Gasteiger partial charge is 0.341 e. The summed E-state index contributed by atoms with van der Waals surface area (Å²) in [5, 5.41) is 7.83. The van der Waals surface area contributed by atoms with Gasteiger partial charge in [-0.2, -0.15) is 5.10 Å². The highest BCUT2D eigenvalue weighted by Crippen LogP contribution is 2.18.